The smallest absolute Gasteiger partial charge is 0.228 e. The summed E-state index contributed by atoms with van der Waals surface area (Å²) in [5.74, 6) is 0.893. The van der Waals surface area contributed by atoms with Crippen LogP contribution < -0.4 is 15.4 Å². The largest absolute Gasteiger partial charge is 0.489 e. The minimum atomic E-state index is 0.0515. The van der Waals surface area contributed by atoms with Crippen molar-refractivity contribution in [1.29, 1.82) is 0 Å². The van der Waals surface area contributed by atoms with E-state index in [0.717, 1.165) is 42.9 Å². The van der Waals surface area contributed by atoms with E-state index >= 15 is 0 Å². The quantitative estimate of drug-likeness (QED) is 0.885. The first kappa shape index (κ1) is 16.5. The molecule has 24 heavy (non-hydrogen) atoms. The van der Waals surface area contributed by atoms with Gasteiger partial charge in [-0.3, -0.25) is 4.79 Å². The molecule has 2 aromatic carbocycles. The third kappa shape index (κ3) is 4.59. The van der Waals surface area contributed by atoms with E-state index in [-0.39, 0.29) is 11.8 Å². The van der Waals surface area contributed by atoms with Crippen LogP contribution in [0.2, 0.25) is 0 Å². The molecule has 1 unspecified atom stereocenters. The van der Waals surface area contributed by atoms with Crippen molar-refractivity contribution in [2.24, 2.45) is 5.92 Å². The van der Waals surface area contributed by atoms with Gasteiger partial charge < -0.3 is 15.4 Å². The summed E-state index contributed by atoms with van der Waals surface area (Å²) in [4.78, 5) is 12.3. The van der Waals surface area contributed by atoms with Crippen LogP contribution in [0.25, 0.3) is 0 Å². The molecule has 1 amide bonds. The van der Waals surface area contributed by atoms with Crippen molar-refractivity contribution < 1.29 is 9.53 Å². The summed E-state index contributed by atoms with van der Waals surface area (Å²) in [6, 6.07) is 15.9. The molecular formula is C20H24N2O2. The van der Waals surface area contributed by atoms with Gasteiger partial charge in [-0.25, -0.2) is 0 Å². The average molecular weight is 324 g/mol. The van der Waals surface area contributed by atoms with Crippen molar-refractivity contribution in [3.63, 3.8) is 0 Å². The van der Waals surface area contributed by atoms with Crippen molar-refractivity contribution in [3.05, 3.63) is 59.7 Å². The zero-order valence-corrected chi connectivity index (χ0v) is 14.0. The maximum absolute atomic E-state index is 12.3. The highest BCUT2D eigenvalue weighted by Gasteiger charge is 2.20. The number of hydrogen-bond donors (Lipinski definition) is 2. The Kier molecular flexibility index (Phi) is 5.49. The van der Waals surface area contributed by atoms with Crippen LogP contribution in [-0.2, 0) is 11.4 Å². The highest BCUT2D eigenvalue weighted by molar-refractivity contribution is 5.92. The third-order valence-corrected chi connectivity index (χ3v) is 4.26. The summed E-state index contributed by atoms with van der Waals surface area (Å²) in [7, 11) is 0. The van der Waals surface area contributed by atoms with E-state index in [1.165, 1.54) is 5.56 Å². The Balaban J connectivity index is 1.58. The summed E-state index contributed by atoms with van der Waals surface area (Å²) < 4.78 is 5.85. The molecule has 0 radical (unpaired) electrons. The van der Waals surface area contributed by atoms with Crippen LogP contribution in [0.1, 0.15) is 24.0 Å². The van der Waals surface area contributed by atoms with Gasteiger partial charge in [0.1, 0.15) is 12.4 Å². The number of carbonyl (C=O) groups excluding carboxylic acids is 1. The molecule has 2 aromatic rings. The number of carbonyl (C=O) groups is 1. The first-order valence-corrected chi connectivity index (χ1v) is 8.51. The summed E-state index contributed by atoms with van der Waals surface area (Å²) in [5.41, 5.74) is 3.14. The molecule has 1 fully saturated rings. The van der Waals surface area contributed by atoms with Crippen LogP contribution in [0, 0.1) is 12.8 Å². The van der Waals surface area contributed by atoms with Gasteiger partial charge in [-0.15, -0.1) is 0 Å². The Morgan fingerprint density at radius 2 is 2.12 bits per heavy atom. The van der Waals surface area contributed by atoms with Gasteiger partial charge in [0.05, 0.1) is 5.92 Å². The summed E-state index contributed by atoms with van der Waals surface area (Å²) in [6.07, 6.45) is 2.00. The fourth-order valence-corrected chi connectivity index (χ4v) is 2.95. The molecule has 0 saturated carbocycles. The second-order valence-corrected chi connectivity index (χ2v) is 6.34. The van der Waals surface area contributed by atoms with Crippen molar-refractivity contribution in [2.45, 2.75) is 26.4 Å². The lowest BCUT2D eigenvalue weighted by atomic mass is 9.99. The number of piperidine rings is 1. The zero-order chi connectivity index (χ0) is 16.8. The minimum Gasteiger partial charge on any atom is -0.489 e. The number of ether oxygens (including phenoxy) is 1. The number of rotatable bonds is 5. The number of benzene rings is 2. The SMILES string of the molecule is Cc1cccc(COc2cccc(NC(=O)C3CCCNC3)c2)c1. The molecule has 1 aliphatic heterocycles. The molecule has 126 valence electrons. The highest BCUT2D eigenvalue weighted by atomic mass is 16.5. The summed E-state index contributed by atoms with van der Waals surface area (Å²) in [6.45, 7) is 4.35. The Hall–Kier alpha value is -2.33. The average Bonchev–Trinajstić information content (AvgIpc) is 2.61. The normalized spacial score (nSPS) is 17.3. The molecule has 0 bridgehead atoms. The van der Waals surface area contributed by atoms with E-state index in [4.69, 9.17) is 4.74 Å². The fraction of sp³-hybridized carbons (Fsp3) is 0.350. The molecule has 0 aromatic heterocycles. The monoisotopic (exact) mass is 324 g/mol. The van der Waals surface area contributed by atoms with Crippen molar-refractivity contribution in [2.75, 3.05) is 18.4 Å². The predicted molar refractivity (Wildman–Crippen MR) is 96.2 cm³/mol. The Morgan fingerprint density at radius 1 is 1.25 bits per heavy atom. The molecule has 4 heteroatoms. The highest BCUT2D eigenvalue weighted by Crippen LogP contribution is 2.20. The van der Waals surface area contributed by atoms with Crippen LogP contribution in [0.15, 0.2) is 48.5 Å². The molecule has 1 heterocycles. The Bertz CT molecular complexity index is 694. The number of hydrogen-bond acceptors (Lipinski definition) is 3. The first-order valence-electron chi connectivity index (χ1n) is 8.51. The van der Waals surface area contributed by atoms with E-state index in [9.17, 15) is 4.79 Å². The van der Waals surface area contributed by atoms with Gasteiger partial charge in [-0.05, 0) is 44.0 Å². The van der Waals surface area contributed by atoms with Crippen LogP contribution in [0.4, 0.5) is 5.69 Å². The van der Waals surface area contributed by atoms with Gasteiger partial charge in [0.2, 0.25) is 5.91 Å². The van der Waals surface area contributed by atoms with Gasteiger partial charge in [-0.1, -0.05) is 35.9 Å². The van der Waals surface area contributed by atoms with Crippen molar-refractivity contribution in [3.8, 4) is 5.75 Å². The Labute approximate surface area is 143 Å². The number of amides is 1. The van der Waals surface area contributed by atoms with E-state index < -0.39 is 0 Å². The molecular weight excluding hydrogens is 300 g/mol. The standard InChI is InChI=1S/C20H24N2O2/c1-15-5-2-6-16(11-15)14-24-19-9-3-8-18(12-19)22-20(23)17-7-4-10-21-13-17/h2-3,5-6,8-9,11-12,17,21H,4,7,10,13-14H2,1H3,(H,22,23). The van der Waals surface area contributed by atoms with Crippen LogP contribution >= 0.6 is 0 Å². The molecule has 0 aliphatic carbocycles. The number of anilines is 1. The van der Waals surface area contributed by atoms with Gasteiger partial charge in [0.25, 0.3) is 0 Å². The lowest BCUT2D eigenvalue weighted by Gasteiger charge is -2.22. The second kappa shape index (κ2) is 7.97. The lowest BCUT2D eigenvalue weighted by Crippen LogP contribution is -2.37. The summed E-state index contributed by atoms with van der Waals surface area (Å²) in [5, 5.41) is 6.27. The molecule has 0 spiro atoms. The predicted octanol–water partition coefficient (Wildman–Crippen LogP) is 3.51. The second-order valence-electron chi connectivity index (χ2n) is 6.34. The van der Waals surface area contributed by atoms with Crippen LogP contribution in [0.3, 0.4) is 0 Å². The van der Waals surface area contributed by atoms with Crippen molar-refractivity contribution in [1.82, 2.24) is 5.32 Å². The molecule has 1 aliphatic rings. The van der Waals surface area contributed by atoms with Gasteiger partial charge in [0.15, 0.2) is 0 Å². The minimum absolute atomic E-state index is 0.0515. The molecule has 1 saturated heterocycles. The molecule has 4 nitrogen and oxygen atoms in total. The van der Waals surface area contributed by atoms with Gasteiger partial charge >= 0.3 is 0 Å². The molecule has 1 atom stereocenters. The Morgan fingerprint density at radius 3 is 2.92 bits per heavy atom. The fourth-order valence-electron chi connectivity index (χ4n) is 2.95. The molecule has 3 rings (SSSR count). The van der Waals surface area contributed by atoms with Crippen LogP contribution in [-0.4, -0.2) is 19.0 Å². The van der Waals surface area contributed by atoms with Crippen molar-refractivity contribution >= 4 is 11.6 Å². The van der Waals surface area contributed by atoms with E-state index in [1.807, 2.05) is 30.3 Å². The number of aryl methyl sites for hydroxylation is 1. The maximum Gasteiger partial charge on any atom is 0.228 e. The maximum atomic E-state index is 12.3. The van der Waals surface area contributed by atoms with E-state index in [0.29, 0.717) is 6.61 Å². The van der Waals surface area contributed by atoms with E-state index in [2.05, 4.69) is 35.8 Å². The van der Waals surface area contributed by atoms with Gasteiger partial charge in [0, 0.05) is 18.3 Å². The topological polar surface area (TPSA) is 50.4 Å². The third-order valence-electron chi connectivity index (χ3n) is 4.26. The molecule has 2 N–H and O–H groups in total. The van der Waals surface area contributed by atoms with E-state index in [1.54, 1.807) is 0 Å². The van der Waals surface area contributed by atoms with Gasteiger partial charge in [-0.2, -0.15) is 0 Å². The summed E-state index contributed by atoms with van der Waals surface area (Å²) >= 11 is 0. The lowest BCUT2D eigenvalue weighted by molar-refractivity contribution is -0.120. The zero-order valence-electron chi connectivity index (χ0n) is 14.0. The first-order chi connectivity index (χ1) is 11.7. The number of nitrogens with one attached hydrogen (secondary N) is 2. The van der Waals surface area contributed by atoms with Crippen LogP contribution in [0.5, 0.6) is 5.75 Å².